The lowest BCUT2D eigenvalue weighted by molar-refractivity contribution is -0.146. The summed E-state index contributed by atoms with van der Waals surface area (Å²) in [5, 5.41) is 2.67. The highest BCUT2D eigenvalue weighted by atomic mass is 35.5. The summed E-state index contributed by atoms with van der Waals surface area (Å²) in [5.41, 5.74) is 0.749. The fourth-order valence-corrected chi connectivity index (χ4v) is 5.09. The van der Waals surface area contributed by atoms with E-state index in [1.165, 1.54) is 36.7 Å². The van der Waals surface area contributed by atoms with E-state index in [1.807, 2.05) is 0 Å². The van der Waals surface area contributed by atoms with Crippen molar-refractivity contribution in [2.45, 2.75) is 24.2 Å². The minimum atomic E-state index is -3.67. The molecular weight excluding hydrogens is 472 g/mol. The average Bonchev–Trinajstić information content (AvgIpc) is 3.35. The van der Waals surface area contributed by atoms with Crippen molar-refractivity contribution in [3.63, 3.8) is 0 Å². The van der Waals surface area contributed by atoms with Gasteiger partial charge in [0.25, 0.3) is 5.91 Å². The van der Waals surface area contributed by atoms with E-state index in [9.17, 15) is 18.0 Å². The predicted octanol–water partition coefficient (Wildman–Crippen LogP) is 2.87. The number of nitrogens with one attached hydrogen (secondary N) is 1. The van der Waals surface area contributed by atoms with Gasteiger partial charge in [-0.05, 0) is 48.7 Å². The fourth-order valence-electron chi connectivity index (χ4n) is 3.38. The summed E-state index contributed by atoms with van der Waals surface area (Å²) < 4.78 is 42.3. The molecule has 33 heavy (non-hydrogen) atoms. The molecule has 2 aromatic rings. The van der Waals surface area contributed by atoms with Gasteiger partial charge in [-0.1, -0.05) is 17.7 Å². The largest absolute Gasteiger partial charge is 0.493 e. The van der Waals surface area contributed by atoms with E-state index in [-0.39, 0.29) is 22.0 Å². The maximum absolute atomic E-state index is 12.7. The average molecular weight is 497 g/mol. The Hall–Kier alpha value is -2.82. The van der Waals surface area contributed by atoms with Crippen LogP contribution in [0.5, 0.6) is 11.5 Å². The molecular formula is C22H25ClN2O7S. The van der Waals surface area contributed by atoms with E-state index >= 15 is 0 Å². The second kappa shape index (κ2) is 10.9. The van der Waals surface area contributed by atoms with Crippen LogP contribution in [-0.4, -0.2) is 58.5 Å². The summed E-state index contributed by atoms with van der Waals surface area (Å²) in [5.74, 6) is -0.263. The molecule has 0 aromatic heterocycles. The number of benzene rings is 2. The number of anilines is 1. The van der Waals surface area contributed by atoms with Crippen molar-refractivity contribution in [3.05, 3.63) is 47.0 Å². The number of halogens is 1. The Balaban J connectivity index is 1.59. The van der Waals surface area contributed by atoms with Crippen molar-refractivity contribution >= 4 is 39.2 Å². The third-order valence-electron chi connectivity index (χ3n) is 5.08. The van der Waals surface area contributed by atoms with Crippen LogP contribution in [-0.2, 0) is 30.8 Å². The summed E-state index contributed by atoms with van der Waals surface area (Å²) in [6.07, 6.45) is 1.55. The molecule has 0 radical (unpaired) electrons. The SMILES string of the molecule is COc1ccc(CC(=O)OCC(=O)Nc2cc(S(=O)(=O)N3CCCC3)ccc2Cl)cc1OC. The van der Waals surface area contributed by atoms with E-state index in [0.717, 1.165) is 12.8 Å². The molecule has 178 valence electrons. The summed E-state index contributed by atoms with van der Waals surface area (Å²) >= 11 is 6.12. The van der Waals surface area contributed by atoms with Gasteiger partial charge < -0.3 is 19.5 Å². The van der Waals surface area contributed by atoms with Gasteiger partial charge in [-0.15, -0.1) is 0 Å². The van der Waals surface area contributed by atoms with Crippen LogP contribution in [0.15, 0.2) is 41.3 Å². The number of nitrogens with zero attached hydrogens (tertiary/aromatic N) is 1. The van der Waals surface area contributed by atoms with Crippen LogP contribution in [0.1, 0.15) is 18.4 Å². The maximum atomic E-state index is 12.7. The number of ether oxygens (including phenoxy) is 3. The molecule has 0 atom stereocenters. The molecule has 2 aromatic carbocycles. The van der Waals surface area contributed by atoms with Gasteiger partial charge in [0.2, 0.25) is 10.0 Å². The van der Waals surface area contributed by atoms with Gasteiger partial charge in [0.1, 0.15) is 0 Å². The molecule has 0 spiro atoms. The minimum absolute atomic E-state index is 0.0366. The number of carbonyl (C=O) groups is 2. The van der Waals surface area contributed by atoms with Gasteiger partial charge in [-0.25, -0.2) is 8.42 Å². The van der Waals surface area contributed by atoms with Crippen molar-refractivity contribution in [2.24, 2.45) is 0 Å². The number of hydrogen-bond donors (Lipinski definition) is 1. The van der Waals surface area contributed by atoms with Crippen molar-refractivity contribution in [2.75, 3.05) is 39.2 Å². The fraction of sp³-hybridized carbons (Fsp3) is 0.364. The Labute approximate surface area is 197 Å². The smallest absolute Gasteiger partial charge is 0.310 e. The molecule has 0 bridgehead atoms. The van der Waals surface area contributed by atoms with Crippen molar-refractivity contribution in [1.82, 2.24) is 4.31 Å². The standard InChI is InChI=1S/C22H25ClN2O7S/c1-30-19-8-5-15(11-20(19)31-2)12-22(27)32-14-21(26)24-18-13-16(6-7-17(18)23)33(28,29)25-9-3-4-10-25/h5-8,11,13H,3-4,9-10,12,14H2,1-2H3,(H,24,26). The lowest BCUT2D eigenvalue weighted by Gasteiger charge is -2.16. The molecule has 1 N–H and O–H groups in total. The van der Waals surface area contributed by atoms with Crippen molar-refractivity contribution in [1.29, 1.82) is 0 Å². The van der Waals surface area contributed by atoms with E-state index < -0.39 is 28.5 Å². The zero-order valence-corrected chi connectivity index (χ0v) is 19.9. The van der Waals surface area contributed by atoms with E-state index in [1.54, 1.807) is 18.2 Å². The molecule has 1 fully saturated rings. The topological polar surface area (TPSA) is 111 Å². The number of amides is 1. The van der Waals surface area contributed by atoms with Gasteiger partial charge in [0.05, 0.1) is 36.2 Å². The summed E-state index contributed by atoms with van der Waals surface area (Å²) in [6, 6.07) is 9.11. The van der Waals surface area contributed by atoms with Gasteiger partial charge in [0, 0.05) is 13.1 Å². The number of hydrogen-bond acceptors (Lipinski definition) is 7. The molecule has 0 unspecified atom stereocenters. The third kappa shape index (κ3) is 6.16. The zero-order valence-electron chi connectivity index (χ0n) is 18.3. The Morgan fingerprint density at radius 3 is 2.39 bits per heavy atom. The highest BCUT2D eigenvalue weighted by Gasteiger charge is 2.27. The molecule has 1 heterocycles. The number of sulfonamides is 1. The van der Waals surface area contributed by atoms with Crippen LogP contribution in [0.4, 0.5) is 5.69 Å². The molecule has 1 saturated heterocycles. The number of carbonyl (C=O) groups excluding carboxylic acids is 2. The van der Waals surface area contributed by atoms with Crippen LogP contribution >= 0.6 is 11.6 Å². The molecule has 1 amide bonds. The van der Waals surface area contributed by atoms with Crippen LogP contribution in [0.25, 0.3) is 0 Å². The van der Waals surface area contributed by atoms with Crippen molar-refractivity contribution < 1.29 is 32.2 Å². The first-order valence-corrected chi connectivity index (χ1v) is 12.0. The second-order valence-electron chi connectivity index (χ2n) is 7.33. The predicted molar refractivity (Wildman–Crippen MR) is 122 cm³/mol. The lowest BCUT2D eigenvalue weighted by Crippen LogP contribution is -2.28. The van der Waals surface area contributed by atoms with Crippen LogP contribution in [0.2, 0.25) is 5.02 Å². The molecule has 11 heteroatoms. The molecule has 1 aliphatic heterocycles. The molecule has 0 saturated carbocycles. The first-order chi connectivity index (χ1) is 15.7. The van der Waals surface area contributed by atoms with Crippen molar-refractivity contribution in [3.8, 4) is 11.5 Å². The van der Waals surface area contributed by atoms with Crippen LogP contribution < -0.4 is 14.8 Å². The summed E-state index contributed by atoms with van der Waals surface area (Å²) in [6.45, 7) is 0.372. The van der Waals surface area contributed by atoms with E-state index in [0.29, 0.717) is 30.2 Å². The first kappa shape index (κ1) is 24.8. The second-order valence-corrected chi connectivity index (χ2v) is 9.67. The Morgan fingerprint density at radius 1 is 1.03 bits per heavy atom. The Kier molecular flexibility index (Phi) is 8.17. The monoisotopic (exact) mass is 496 g/mol. The minimum Gasteiger partial charge on any atom is -0.493 e. The summed E-state index contributed by atoms with van der Waals surface area (Å²) in [7, 11) is -0.671. The molecule has 1 aliphatic rings. The number of rotatable bonds is 9. The van der Waals surface area contributed by atoms with Gasteiger partial charge >= 0.3 is 5.97 Å². The molecule has 9 nitrogen and oxygen atoms in total. The highest BCUT2D eigenvalue weighted by Crippen LogP contribution is 2.29. The maximum Gasteiger partial charge on any atom is 0.310 e. The zero-order chi connectivity index (χ0) is 24.0. The van der Waals surface area contributed by atoms with Crippen LogP contribution in [0, 0.1) is 0 Å². The highest BCUT2D eigenvalue weighted by molar-refractivity contribution is 7.89. The lowest BCUT2D eigenvalue weighted by atomic mass is 10.1. The molecule has 0 aliphatic carbocycles. The van der Waals surface area contributed by atoms with Gasteiger partial charge in [-0.3, -0.25) is 9.59 Å². The Morgan fingerprint density at radius 2 is 1.73 bits per heavy atom. The van der Waals surface area contributed by atoms with Gasteiger partial charge in [-0.2, -0.15) is 4.31 Å². The van der Waals surface area contributed by atoms with Gasteiger partial charge in [0.15, 0.2) is 18.1 Å². The van der Waals surface area contributed by atoms with E-state index in [4.69, 9.17) is 25.8 Å². The Bertz CT molecular complexity index is 1130. The third-order valence-corrected chi connectivity index (χ3v) is 7.30. The van der Waals surface area contributed by atoms with Crippen LogP contribution in [0.3, 0.4) is 0 Å². The summed E-state index contributed by atoms with van der Waals surface area (Å²) in [4.78, 5) is 24.5. The van der Waals surface area contributed by atoms with E-state index in [2.05, 4.69) is 5.32 Å². The number of methoxy groups -OCH3 is 2. The number of esters is 1. The molecule has 3 rings (SSSR count). The quantitative estimate of drug-likeness (QED) is 0.531. The first-order valence-electron chi connectivity index (χ1n) is 10.2. The normalized spacial score (nSPS) is 14.0.